The van der Waals surface area contributed by atoms with Crippen LogP contribution in [0.4, 0.5) is 45.2 Å². The van der Waals surface area contributed by atoms with Crippen LogP contribution in [-0.4, -0.2) is 72.6 Å². The Morgan fingerprint density at radius 2 is 1.28 bits per heavy atom. The molecule has 0 bridgehead atoms. The van der Waals surface area contributed by atoms with Gasteiger partial charge in [0.25, 0.3) is 0 Å². The third-order valence-electron chi connectivity index (χ3n) is 5.52. The predicted octanol–water partition coefficient (Wildman–Crippen LogP) is 4.06. The van der Waals surface area contributed by atoms with Gasteiger partial charge in [-0.05, 0) is 63.0 Å². The number of carbonyl (C=O) groups excluding carboxylic acids is 1. The van der Waals surface area contributed by atoms with Crippen molar-refractivity contribution in [2.24, 2.45) is 5.92 Å². The van der Waals surface area contributed by atoms with E-state index in [0.29, 0.717) is 6.54 Å². The van der Waals surface area contributed by atoms with Crippen LogP contribution in [0.5, 0.6) is 0 Å². The summed E-state index contributed by atoms with van der Waals surface area (Å²) >= 11 is 0. The number of hydrogen-bond donors (Lipinski definition) is 4. The molecular weight excluding hydrogens is 557 g/mol. The van der Waals surface area contributed by atoms with E-state index in [-0.39, 0.29) is 17.9 Å². The van der Waals surface area contributed by atoms with Gasteiger partial charge in [0.1, 0.15) is 0 Å². The lowest BCUT2D eigenvalue weighted by atomic mass is 9.96. The first-order valence-corrected chi connectivity index (χ1v) is 11.4. The van der Waals surface area contributed by atoms with E-state index in [9.17, 15) is 44.3 Å². The summed E-state index contributed by atoms with van der Waals surface area (Å²) in [6.45, 7) is 3.19. The number of carboxylic acid groups (broad SMARTS) is 2. The number of rotatable bonds is 3. The number of benzene rings is 1. The quantitative estimate of drug-likeness (QED) is 0.397. The van der Waals surface area contributed by atoms with E-state index in [1.54, 1.807) is 0 Å². The van der Waals surface area contributed by atoms with Gasteiger partial charge < -0.3 is 25.7 Å². The average Bonchev–Trinajstić information content (AvgIpc) is 2.84. The summed E-state index contributed by atoms with van der Waals surface area (Å²) < 4.78 is 102. The summed E-state index contributed by atoms with van der Waals surface area (Å²) in [4.78, 5) is 32.2. The molecule has 1 aromatic carbocycles. The number of nitrogens with zero attached hydrogens (tertiary/aromatic N) is 1. The molecule has 2 fully saturated rings. The first kappa shape index (κ1) is 33.8. The fraction of sp³-hybridized carbons (Fsp3) is 0.591. The van der Waals surface area contributed by atoms with Crippen molar-refractivity contribution in [1.29, 1.82) is 0 Å². The number of alkyl halides is 9. The molecule has 222 valence electrons. The predicted molar refractivity (Wildman–Crippen MR) is 118 cm³/mol. The number of anilines is 1. The smallest absolute Gasteiger partial charge is 0.475 e. The Kier molecular flexibility index (Phi) is 12.3. The lowest BCUT2D eigenvalue weighted by molar-refractivity contribution is -0.193. The summed E-state index contributed by atoms with van der Waals surface area (Å²) in [5.41, 5.74) is 0.137. The van der Waals surface area contributed by atoms with E-state index in [1.165, 1.54) is 12.1 Å². The van der Waals surface area contributed by atoms with Crippen molar-refractivity contribution in [1.82, 2.24) is 10.6 Å². The molecule has 0 aromatic heterocycles. The second-order valence-corrected chi connectivity index (χ2v) is 8.47. The molecule has 1 amide bonds. The second kappa shape index (κ2) is 14.2. The molecule has 17 heteroatoms. The Hall–Kier alpha value is -3.24. The zero-order chi connectivity index (χ0) is 30.0. The topological polar surface area (TPSA) is 119 Å². The van der Waals surface area contributed by atoms with Gasteiger partial charge >= 0.3 is 30.5 Å². The molecule has 0 unspecified atom stereocenters. The molecule has 1 atom stereocenters. The van der Waals surface area contributed by atoms with E-state index < -0.39 is 36.0 Å². The molecule has 2 aliphatic rings. The van der Waals surface area contributed by atoms with Gasteiger partial charge in [-0.1, -0.05) is 0 Å². The van der Waals surface area contributed by atoms with Crippen LogP contribution in [0.2, 0.25) is 0 Å². The van der Waals surface area contributed by atoms with Crippen LogP contribution in [0, 0.1) is 5.92 Å². The third kappa shape index (κ3) is 12.4. The summed E-state index contributed by atoms with van der Waals surface area (Å²) in [5, 5.41) is 20.6. The van der Waals surface area contributed by atoms with Crippen molar-refractivity contribution in [3.63, 3.8) is 0 Å². The van der Waals surface area contributed by atoms with Crippen molar-refractivity contribution in [2.75, 3.05) is 31.1 Å². The van der Waals surface area contributed by atoms with E-state index in [2.05, 4.69) is 15.5 Å². The zero-order valence-electron chi connectivity index (χ0n) is 20.1. The molecule has 2 saturated heterocycles. The number of halogens is 9. The molecule has 0 radical (unpaired) electrons. The summed E-state index contributed by atoms with van der Waals surface area (Å²) in [7, 11) is 0. The Morgan fingerprint density at radius 3 is 1.69 bits per heavy atom. The Bertz CT molecular complexity index is 920. The standard InChI is InChI=1S/C18H24F3N3O.2C2HF3O2/c19-18(20,21)14-3-5-16(6-4-14)24-11-1-2-15(12-24)23-17(25)13-7-9-22-10-8-13;2*3-2(4,5)1(6)7/h3-6,13,15,22H,1-2,7-12H2,(H,23,25);2*(H,6,7)/t15-;;/m1../s1. The van der Waals surface area contributed by atoms with Crippen molar-refractivity contribution < 1.29 is 64.1 Å². The minimum Gasteiger partial charge on any atom is -0.475 e. The molecule has 0 spiro atoms. The van der Waals surface area contributed by atoms with Gasteiger partial charge in [-0.2, -0.15) is 39.5 Å². The van der Waals surface area contributed by atoms with Gasteiger partial charge in [-0.3, -0.25) is 4.79 Å². The highest BCUT2D eigenvalue weighted by Gasteiger charge is 2.39. The normalized spacial score (nSPS) is 18.6. The Morgan fingerprint density at radius 1 is 0.821 bits per heavy atom. The number of carbonyl (C=O) groups is 3. The average molecular weight is 583 g/mol. The van der Waals surface area contributed by atoms with Crippen LogP contribution < -0.4 is 15.5 Å². The van der Waals surface area contributed by atoms with Crippen LogP contribution in [0.15, 0.2) is 24.3 Å². The van der Waals surface area contributed by atoms with E-state index in [4.69, 9.17) is 19.8 Å². The molecule has 0 aliphatic carbocycles. The highest BCUT2D eigenvalue weighted by atomic mass is 19.4. The van der Waals surface area contributed by atoms with Crippen LogP contribution >= 0.6 is 0 Å². The highest BCUT2D eigenvalue weighted by molar-refractivity contribution is 5.79. The minimum absolute atomic E-state index is 0.0541. The van der Waals surface area contributed by atoms with Crippen molar-refractivity contribution in [3.8, 4) is 0 Å². The Labute approximate surface area is 216 Å². The summed E-state index contributed by atoms with van der Waals surface area (Å²) in [6.07, 6.45) is -10.9. The van der Waals surface area contributed by atoms with Crippen molar-refractivity contribution in [2.45, 2.75) is 50.3 Å². The number of piperidine rings is 2. The monoisotopic (exact) mass is 583 g/mol. The number of carboxylic acids is 2. The molecule has 1 aromatic rings. The zero-order valence-corrected chi connectivity index (χ0v) is 20.1. The van der Waals surface area contributed by atoms with Crippen LogP contribution in [-0.2, 0) is 20.6 Å². The second-order valence-electron chi connectivity index (χ2n) is 8.47. The maximum Gasteiger partial charge on any atom is 0.490 e. The maximum absolute atomic E-state index is 12.7. The molecular formula is C22H26F9N3O5. The minimum atomic E-state index is -5.08. The molecule has 39 heavy (non-hydrogen) atoms. The molecule has 0 saturated carbocycles. The SMILES string of the molecule is O=C(N[C@@H]1CCCN(c2ccc(C(F)(F)F)cc2)C1)C1CCNCC1.O=C(O)C(F)(F)F.O=C(O)C(F)(F)F. The van der Waals surface area contributed by atoms with Gasteiger partial charge in [0.15, 0.2) is 0 Å². The summed E-state index contributed by atoms with van der Waals surface area (Å²) in [6, 6.07) is 5.32. The summed E-state index contributed by atoms with van der Waals surface area (Å²) in [5.74, 6) is -5.33. The number of amides is 1. The van der Waals surface area contributed by atoms with Crippen molar-refractivity contribution in [3.05, 3.63) is 29.8 Å². The van der Waals surface area contributed by atoms with Crippen LogP contribution in [0.3, 0.4) is 0 Å². The van der Waals surface area contributed by atoms with Crippen LogP contribution in [0.1, 0.15) is 31.2 Å². The number of aliphatic carboxylic acids is 2. The maximum atomic E-state index is 12.7. The molecule has 4 N–H and O–H groups in total. The van der Waals surface area contributed by atoms with Crippen LogP contribution in [0.25, 0.3) is 0 Å². The van der Waals surface area contributed by atoms with Crippen molar-refractivity contribution >= 4 is 23.5 Å². The Balaban J connectivity index is 0.000000449. The molecule has 8 nitrogen and oxygen atoms in total. The van der Waals surface area contributed by atoms with Gasteiger partial charge in [0.2, 0.25) is 5.91 Å². The molecule has 3 rings (SSSR count). The van der Waals surface area contributed by atoms with E-state index in [0.717, 1.165) is 63.1 Å². The highest BCUT2D eigenvalue weighted by Crippen LogP contribution is 2.31. The number of nitrogens with one attached hydrogen (secondary N) is 2. The third-order valence-corrected chi connectivity index (χ3v) is 5.52. The first-order valence-electron chi connectivity index (χ1n) is 11.4. The number of hydrogen-bond acceptors (Lipinski definition) is 5. The molecule has 2 heterocycles. The fourth-order valence-corrected chi connectivity index (χ4v) is 3.59. The van der Waals surface area contributed by atoms with Gasteiger partial charge in [0, 0.05) is 30.7 Å². The van der Waals surface area contributed by atoms with Gasteiger partial charge in [0.05, 0.1) is 5.56 Å². The first-order chi connectivity index (χ1) is 17.8. The van der Waals surface area contributed by atoms with E-state index in [1.807, 2.05) is 0 Å². The largest absolute Gasteiger partial charge is 0.490 e. The lowest BCUT2D eigenvalue weighted by Crippen LogP contribution is -2.50. The molecule has 2 aliphatic heterocycles. The van der Waals surface area contributed by atoms with Gasteiger partial charge in [-0.25, -0.2) is 9.59 Å². The van der Waals surface area contributed by atoms with E-state index >= 15 is 0 Å². The fourth-order valence-electron chi connectivity index (χ4n) is 3.59. The lowest BCUT2D eigenvalue weighted by Gasteiger charge is -2.36. The van der Waals surface area contributed by atoms with Gasteiger partial charge in [-0.15, -0.1) is 0 Å².